The number of nitrogens with zero attached hydrogens (tertiary/aromatic N) is 4. The number of carbonyl (C=O) groups is 6. The Morgan fingerprint density at radius 3 is 2.32 bits per heavy atom. The Kier molecular flexibility index (Phi) is 16.8. The maximum Gasteiger partial charge on any atom is 0.474 e. The second kappa shape index (κ2) is 22.6. The van der Waals surface area contributed by atoms with Gasteiger partial charge in [-0.25, -0.2) is 19.3 Å². The number of carboxylic acids is 2. The molecule has 2 aromatic heterocycles. The average Bonchev–Trinajstić information content (AvgIpc) is 3.52. The highest BCUT2D eigenvalue weighted by molar-refractivity contribution is 7.48. The summed E-state index contributed by atoms with van der Waals surface area (Å²) in [5, 5.41) is 26.2. The molecule has 22 nitrogen and oxygen atoms in total. The number of carboxylic acid groups (broad SMARTS) is 2. The van der Waals surface area contributed by atoms with E-state index in [0.717, 1.165) is 5.56 Å². The molecule has 23 heteroatoms. The normalized spacial score (nSPS) is 18.7. The number of benzene rings is 2. The number of phosphoric acid groups is 1. The first-order chi connectivity index (χ1) is 31.7. The zero-order valence-corrected chi connectivity index (χ0v) is 37.1. The molecule has 2 fully saturated rings. The summed E-state index contributed by atoms with van der Waals surface area (Å²) in [5.41, 5.74) is 0.925. The molecule has 0 radical (unpaired) electrons. The van der Waals surface area contributed by atoms with Crippen LogP contribution in [0.3, 0.4) is 0 Å². The van der Waals surface area contributed by atoms with Gasteiger partial charge in [0.25, 0.3) is 11.5 Å². The van der Waals surface area contributed by atoms with E-state index >= 15 is 0 Å². The van der Waals surface area contributed by atoms with E-state index in [0.29, 0.717) is 37.2 Å². The van der Waals surface area contributed by atoms with E-state index in [1.807, 2.05) is 35.2 Å². The molecular formula is C43H51N8O14P. The van der Waals surface area contributed by atoms with Crippen molar-refractivity contribution in [3.8, 4) is 0 Å². The van der Waals surface area contributed by atoms with Gasteiger partial charge in [-0.05, 0) is 69.4 Å². The van der Waals surface area contributed by atoms with Crippen LogP contribution in [0.4, 0.5) is 11.6 Å². The van der Waals surface area contributed by atoms with Gasteiger partial charge < -0.3 is 25.6 Å². The van der Waals surface area contributed by atoms with Crippen molar-refractivity contribution in [3.05, 3.63) is 88.0 Å². The number of piperidine rings is 1. The fourth-order valence-corrected chi connectivity index (χ4v) is 9.13. The highest BCUT2D eigenvalue weighted by atomic mass is 31.2. The molecule has 4 heterocycles. The third-order valence-electron chi connectivity index (χ3n) is 10.9. The Morgan fingerprint density at radius 1 is 0.924 bits per heavy atom. The van der Waals surface area contributed by atoms with Crippen molar-refractivity contribution in [1.29, 1.82) is 0 Å². The molecule has 2 aliphatic rings. The number of ketones is 1. The number of carbonyl (C=O) groups excluding carboxylic acids is 4. The number of amides is 2. The number of rotatable bonds is 24. The fraction of sp³-hybridized carbons (Fsp3) is 0.442. The largest absolute Gasteiger partial charge is 0.481 e. The number of hydrogen-bond acceptors (Lipinski definition) is 17. The van der Waals surface area contributed by atoms with Gasteiger partial charge in [-0.1, -0.05) is 30.3 Å². The number of unbranched alkanes of at least 4 members (excludes halogenated alkanes) is 1. The van der Waals surface area contributed by atoms with Gasteiger partial charge in [-0.2, -0.15) is 4.98 Å². The zero-order valence-electron chi connectivity index (χ0n) is 36.2. The minimum atomic E-state index is -3.71. The van der Waals surface area contributed by atoms with E-state index in [-0.39, 0.29) is 74.3 Å². The van der Waals surface area contributed by atoms with Gasteiger partial charge in [-0.3, -0.25) is 57.5 Å². The molecule has 0 aliphatic carbocycles. The lowest BCUT2D eigenvalue weighted by molar-refractivity contribution is -0.152. The van der Waals surface area contributed by atoms with E-state index in [9.17, 15) is 43.2 Å². The molecule has 2 unspecified atom stereocenters. The number of nitrogens with one attached hydrogen (secondary N) is 4. The Hall–Kier alpha value is -6.45. The molecule has 2 amide bonds. The summed E-state index contributed by atoms with van der Waals surface area (Å²) < 4.78 is 34.0. The summed E-state index contributed by atoms with van der Waals surface area (Å²) in [4.78, 5) is 108. The second-order valence-corrected chi connectivity index (χ2v) is 17.1. The third kappa shape index (κ3) is 12.5. The summed E-state index contributed by atoms with van der Waals surface area (Å²) in [7, 11) is -3.71. The average molecular weight is 935 g/mol. The number of anilines is 2. The van der Waals surface area contributed by atoms with Crippen molar-refractivity contribution in [2.45, 2.75) is 83.6 Å². The van der Waals surface area contributed by atoms with Gasteiger partial charge in [-0.15, -0.1) is 0 Å². The third-order valence-corrected chi connectivity index (χ3v) is 12.6. The lowest BCUT2D eigenvalue weighted by Crippen LogP contribution is -2.48. The van der Waals surface area contributed by atoms with Crippen LogP contribution in [0.15, 0.2) is 65.6 Å². The fourth-order valence-electron chi connectivity index (χ4n) is 7.92. The first-order valence-corrected chi connectivity index (χ1v) is 22.8. The number of aromatic nitrogens is 4. The number of aromatic amines is 1. The molecule has 66 heavy (non-hydrogen) atoms. The Bertz CT molecular complexity index is 2500. The first-order valence-electron chi connectivity index (χ1n) is 21.4. The van der Waals surface area contributed by atoms with Crippen LogP contribution in [0.1, 0.15) is 74.0 Å². The number of Topliss-reactive ketones (excluding diaryl/α,β-unsaturated/α-hetero) is 1. The SMILES string of the molecule is CCOP(=O)(OCC)OCCCCOC(=O)C1C(C(=O)Nc2nc3ncc(CNc4ccc(C(=O)N[C@H](CCC(=O)O)C(=O)O)cc4)nc3c(=O)[nH]2)[C@H]2C(=O)CC[C@@H]1N2Cc1ccccc1. The summed E-state index contributed by atoms with van der Waals surface area (Å²) >= 11 is 0. The predicted octanol–water partition coefficient (Wildman–Crippen LogP) is 3.68. The van der Waals surface area contributed by atoms with Crippen LogP contribution < -0.4 is 21.5 Å². The number of hydrogen-bond donors (Lipinski definition) is 6. The van der Waals surface area contributed by atoms with Gasteiger partial charge in [0.15, 0.2) is 16.9 Å². The van der Waals surface area contributed by atoms with E-state index in [2.05, 4.69) is 35.9 Å². The van der Waals surface area contributed by atoms with Gasteiger partial charge in [0, 0.05) is 36.7 Å². The molecule has 2 aliphatic heterocycles. The molecule has 5 atom stereocenters. The van der Waals surface area contributed by atoms with Crippen LogP contribution >= 0.6 is 7.82 Å². The molecule has 2 saturated heterocycles. The molecular weight excluding hydrogens is 883 g/mol. The summed E-state index contributed by atoms with van der Waals surface area (Å²) in [6.45, 7) is 3.94. The lowest BCUT2D eigenvalue weighted by Gasteiger charge is -2.34. The maximum absolute atomic E-state index is 14.3. The van der Waals surface area contributed by atoms with Gasteiger partial charge >= 0.3 is 25.7 Å². The topological polar surface area (TPSA) is 308 Å². The smallest absolute Gasteiger partial charge is 0.474 e. The lowest BCUT2D eigenvalue weighted by atomic mass is 9.87. The van der Waals surface area contributed by atoms with Crippen molar-refractivity contribution in [1.82, 2.24) is 30.2 Å². The van der Waals surface area contributed by atoms with Crippen molar-refractivity contribution >= 4 is 66.1 Å². The molecule has 352 valence electrons. The molecule has 2 bridgehead atoms. The Morgan fingerprint density at radius 2 is 1.64 bits per heavy atom. The number of H-pyrrole nitrogens is 1. The molecule has 6 N–H and O–H groups in total. The van der Waals surface area contributed by atoms with Crippen molar-refractivity contribution < 1.29 is 61.9 Å². The minimum absolute atomic E-state index is 0.0194. The predicted molar refractivity (Wildman–Crippen MR) is 234 cm³/mol. The highest BCUT2D eigenvalue weighted by Crippen LogP contribution is 2.49. The monoisotopic (exact) mass is 934 g/mol. The Labute approximate surface area is 377 Å². The van der Waals surface area contributed by atoms with Gasteiger partial charge in [0.05, 0.1) is 62.7 Å². The molecule has 6 rings (SSSR count). The van der Waals surface area contributed by atoms with Gasteiger partial charge in [0.1, 0.15) is 6.04 Å². The highest BCUT2D eigenvalue weighted by Gasteiger charge is 2.60. The van der Waals surface area contributed by atoms with E-state index in [1.54, 1.807) is 26.0 Å². The van der Waals surface area contributed by atoms with Crippen molar-refractivity contribution in [2.24, 2.45) is 11.8 Å². The number of esters is 1. The molecule has 0 saturated carbocycles. The Balaban J connectivity index is 1.12. The van der Waals surface area contributed by atoms with E-state index in [4.69, 9.17) is 23.4 Å². The summed E-state index contributed by atoms with van der Waals surface area (Å²) in [6.07, 6.45) is 1.81. The van der Waals surface area contributed by atoms with Crippen LogP contribution in [0.5, 0.6) is 0 Å². The first kappa shape index (κ1) is 49.0. The summed E-state index contributed by atoms with van der Waals surface area (Å²) in [5.74, 6) is -7.39. The number of ether oxygens (including phenoxy) is 1. The van der Waals surface area contributed by atoms with Crippen LogP contribution in [-0.2, 0) is 59.9 Å². The molecule has 2 aromatic carbocycles. The maximum atomic E-state index is 14.3. The van der Waals surface area contributed by atoms with E-state index in [1.165, 1.54) is 18.3 Å². The van der Waals surface area contributed by atoms with Crippen LogP contribution in [-0.4, -0.2) is 115 Å². The number of aliphatic carboxylic acids is 2. The van der Waals surface area contributed by atoms with Crippen LogP contribution in [0.2, 0.25) is 0 Å². The quantitative estimate of drug-likeness (QED) is 0.0332. The van der Waals surface area contributed by atoms with E-state index < -0.39 is 79.5 Å². The zero-order chi connectivity index (χ0) is 47.4. The van der Waals surface area contributed by atoms with Crippen molar-refractivity contribution in [3.63, 3.8) is 0 Å². The second-order valence-electron chi connectivity index (χ2n) is 15.4. The van der Waals surface area contributed by atoms with Crippen LogP contribution in [0, 0.1) is 11.8 Å². The van der Waals surface area contributed by atoms with Gasteiger partial charge in [0.2, 0.25) is 11.9 Å². The number of fused-ring (bicyclic) bond motifs is 3. The minimum Gasteiger partial charge on any atom is -0.481 e. The number of phosphoric ester groups is 1. The molecule has 4 aromatic rings. The molecule has 0 spiro atoms. The summed E-state index contributed by atoms with van der Waals surface area (Å²) in [6, 6.07) is 12.5. The standard InChI is InChI=1S/C43H51N8O14P/c1-3-63-66(61,64-4-2)65-21-9-8-20-62-42(60)33-30-17-18-31(52)36(51(30)24-25-10-6-5-7-11-25)34(33)39(56)49-43-48-37-35(40(57)50-43)46-28(23-45-37)22-44-27-14-12-26(13-15-27)38(55)47-29(41(58)59)16-19-32(53)54/h5-7,10-15,23,29-30,33-34,36,44H,3-4,8-9,16-22,24H2,1-2H3,(H,47,55)(H,53,54)(H,58,59)(H2,45,48,49,50,56,57)/t29-,30+,33?,34?,36-/m1/s1. The van der Waals surface area contributed by atoms with Crippen LogP contribution in [0.25, 0.3) is 11.2 Å². The van der Waals surface area contributed by atoms with Crippen molar-refractivity contribution in [2.75, 3.05) is 37.1 Å².